The molecular weight excluding hydrogens is 466 g/mol. The van der Waals surface area contributed by atoms with E-state index in [0.29, 0.717) is 16.9 Å². The first kappa shape index (κ1) is 24.0. The van der Waals surface area contributed by atoms with Gasteiger partial charge >= 0.3 is 35.5 Å². The van der Waals surface area contributed by atoms with Crippen molar-refractivity contribution in [3.05, 3.63) is 42.5 Å². The number of fused-ring (bicyclic) bond motifs is 2. The second kappa shape index (κ2) is 9.28. The van der Waals surface area contributed by atoms with Crippen LogP contribution in [0.2, 0.25) is 0 Å². The van der Waals surface area contributed by atoms with Crippen molar-refractivity contribution in [2.24, 2.45) is 0 Å². The van der Waals surface area contributed by atoms with E-state index in [1.807, 2.05) is 0 Å². The van der Waals surface area contributed by atoms with Gasteiger partial charge in [0.1, 0.15) is 24.1 Å². The number of imidazole rings is 1. The van der Waals surface area contributed by atoms with Crippen molar-refractivity contribution in [3.8, 4) is 0 Å². The Morgan fingerprint density at radius 2 is 2.12 bits per heavy atom. The molecule has 2 saturated heterocycles. The van der Waals surface area contributed by atoms with Crippen LogP contribution in [0.15, 0.2) is 36.9 Å². The molecule has 2 aliphatic rings. The number of carbonyl (C=O) groups is 1. The van der Waals surface area contributed by atoms with Gasteiger partial charge in [0.2, 0.25) is 0 Å². The fraction of sp³-hybridized carbons (Fsp3) is 0.333. The normalized spacial score (nSPS) is 28.7. The van der Waals surface area contributed by atoms with E-state index in [1.54, 1.807) is 31.3 Å². The summed E-state index contributed by atoms with van der Waals surface area (Å²) in [6, 6.07) is 6.74. The second-order valence-electron chi connectivity index (χ2n) is 7.13. The van der Waals surface area contributed by atoms with Crippen molar-refractivity contribution in [1.29, 1.82) is 0 Å². The maximum absolute atomic E-state index is 13.0. The molecule has 0 spiro atoms. The topological polar surface area (TPSA) is 176 Å². The van der Waals surface area contributed by atoms with Gasteiger partial charge in [-0.2, -0.15) is 0 Å². The number of nitrogens with one attached hydrogen (secondary N) is 1. The summed E-state index contributed by atoms with van der Waals surface area (Å²) in [5.41, 5.74) is 7.31. The van der Waals surface area contributed by atoms with Crippen molar-refractivity contribution >= 4 is 36.5 Å². The molecule has 1 aromatic carbocycles. The van der Waals surface area contributed by atoms with Crippen LogP contribution in [-0.2, 0) is 23.1 Å². The average Bonchev–Trinajstić information content (AvgIpc) is 3.35. The Morgan fingerprint density at radius 3 is 2.91 bits per heavy atom. The Bertz CT molecular complexity index is 1240. The van der Waals surface area contributed by atoms with E-state index in [1.165, 1.54) is 17.2 Å². The molecule has 0 saturated carbocycles. The van der Waals surface area contributed by atoms with Crippen LogP contribution in [0, 0.1) is 0 Å². The Labute approximate surface area is 209 Å². The maximum Gasteiger partial charge on any atom is 1.00 e. The number of benzene rings is 1. The number of para-hydroxylation sites is 1. The predicted molar refractivity (Wildman–Crippen MR) is 107 cm³/mol. The first-order valence-corrected chi connectivity index (χ1v) is 11.0. The molecule has 0 amide bonds. The van der Waals surface area contributed by atoms with Crippen LogP contribution in [-0.4, -0.2) is 57.5 Å². The molecule has 2 fully saturated rings. The third kappa shape index (κ3) is 4.38. The van der Waals surface area contributed by atoms with Crippen LogP contribution in [0.25, 0.3) is 11.2 Å². The van der Waals surface area contributed by atoms with E-state index in [0.717, 1.165) is 0 Å². The van der Waals surface area contributed by atoms with Crippen LogP contribution in [0.1, 0.15) is 16.6 Å². The molecule has 0 radical (unpaired) electrons. The molecule has 0 aliphatic carbocycles. The molecular formula is C18H18N6NaO7P. The number of carbonyl (C=O) groups excluding carboxylic acids is 1. The summed E-state index contributed by atoms with van der Waals surface area (Å²) in [4.78, 5) is 37.3. The molecule has 5 unspecified atom stereocenters. The van der Waals surface area contributed by atoms with Gasteiger partial charge in [-0.25, -0.2) is 19.7 Å². The summed E-state index contributed by atoms with van der Waals surface area (Å²) in [6.45, 7) is -0.285. The van der Waals surface area contributed by atoms with Crippen molar-refractivity contribution in [2.45, 2.75) is 24.5 Å². The summed E-state index contributed by atoms with van der Waals surface area (Å²) in [6.07, 6.45) is -1.44. The number of nitrogen functional groups attached to an aromatic ring is 1. The number of ether oxygens (including phenoxy) is 2. The number of rotatable bonds is 4. The second-order valence-corrected chi connectivity index (χ2v) is 8.49. The van der Waals surface area contributed by atoms with Gasteiger partial charge in [0, 0.05) is 12.7 Å². The number of esters is 1. The molecule has 15 heteroatoms. The van der Waals surface area contributed by atoms with Gasteiger partial charge in [0.05, 0.1) is 18.5 Å². The number of nitrogens with two attached hydrogens (primary N) is 1. The monoisotopic (exact) mass is 484 g/mol. The summed E-state index contributed by atoms with van der Waals surface area (Å²) in [5.74, 6) is -0.534. The molecule has 3 aromatic rings. The van der Waals surface area contributed by atoms with E-state index in [9.17, 15) is 14.3 Å². The minimum atomic E-state index is -4.59. The Balaban J connectivity index is 0.00000259. The van der Waals surface area contributed by atoms with E-state index >= 15 is 0 Å². The van der Waals surface area contributed by atoms with Crippen molar-refractivity contribution in [2.75, 3.05) is 24.7 Å². The Morgan fingerprint density at radius 1 is 1.33 bits per heavy atom. The molecule has 2 aromatic heterocycles. The molecule has 33 heavy (non-hydrogen) atoms. The van der Waals surface area contributed by atoms with Crippen molar-refractivity contribution in [1.82, 2.24) is 19.5 Å². The maximum atomic E-state index is 13.0. The Hall–Kier alpha value is -2.09. The zero-order chi connectivity index (χ0) is 22.5. The molecule has 5 rings (SSSR count). The van der Waals surface area contributed by atoms with Crippen LogP contribution in [0.5, 0.6) is 0 Å². The van der Waals surface area contributed by atoms with Gasteiger partial charge in [-0.3, -0.25) is 9.13 Å². The zero-order valence-corrected chi connectivity index (χ0v) is 20.5. The zero-order valence-electron chi connectivity index (χ0n) is 17.7. The molecule has 2 aliphatic heterocycles. The molecule has 3 N–H and O–H groups in total. The predicted octanol–water partition coefficient (Wildman–Crippen LogP) is -2.54. The van der Waals surface area contributed by atoms with Crippen LogP contribution in [0.4, 0.5) is 11.5 Å². The standard InChI is InChI=1S/C18H19N6O7P.Na/c1-20-10-5-3-2-4-9(10)18(25)30-14-13-11(6-28-32(26,27)31-13)29-17(14)24-8-23-12-15(19)21-7-22-16(12)24;/h2-5,7-8,11,13-14,17,20H,6H2,1H3,(H,26,27)(H2,19,21,22);/q;+1/p-1. The summed E-state index contributed by atoms with van der Waals surface area (Å²) < 4.78 is 35.1. The van der Waals surface area contributed by atoms with Crippen LogP contribution in [0.3, 0.4) is 0 Å². The SMILES string of the molecule is CNc1ccccc1C(=O)OC1C2OP(=O)([O-])OCC2OC1n1cnc2c(N)ncnc21.[Na+]. The number of phosphoric acid groups is 1. The fourth-order valence-corrected chi connectivity index (χ4v) is 4.73. The molecule has 4 heterocycles. The van der Waals surface area contributed by atoms with Gasteiger partial charge < -0.3 is 34.5 Å². The number of nitrogens with zero attached hydrogens (tertiary/aromatic N) is 4. The summed E-state index contributed by atoms with van der Waals surface area (Å²) in [5, 5.41) is 2.92. The van der Waals surface area contributed by atoms with Gasteiger partial charge in [0.15, 0.2) is 23.8 Å². The number of hydrogen-bond acceptors (Lipinski definition) is 12. The number of hydrogen-bond donors (Lipinski definition) is 2. The number of phosphoric ester groups is 1. The smallest absolute Gasteiger partial charge is 0.756 e. The molecule has 168 valence electrons. The quantitative estimate of drug-likeness (QED) is 0.226. The third-order valence-corrected chi connectivity index (χ3v) is 6.22. The van der Waals surface area contributed by atoms with E-state index < -0.39 is 38.3 Å². The van der Waals surface area contributed by atoms with Crippen LogP contribution < -0.4 is 45.5 Å². The third-order valence-electron chi connectivity index (χ3n) is 5.25. The van der Waals surface area contributed by atoms with Crippen molar-refractivity contribution in [3.63, 3.8) is 0 Å². The summed E-state index contributed by atoms with van der Waals surface area (Å²) >= 11 is 0. The average molecular weight is 484 g/mol. The van der Waals surface area contributed by atoms with Crippen molar-refractivity contribution < 1.29 is 62.3 Å². The minimum absolute atomic E-state index is 0. The van der Waals surface area contributed by atoms with Gasteiger partial charge in [-0.15, -0.1) is 0 Å². The first-order chi connectivity index (χ1) is 15.4. The molecule has 13 nitrogen and oxygen atoms in total. The number of anilines is 2. The van der Waals surface area contributed by atoms with E-state index in [-0.39, 0.29) is 47.5 Å². The number of aromatic nitrogens is 4. The van der Waals surface area contributed by atoms with Gasteiger partial charge in [0.25, 0.3) is 7.82 Å². The first-order valence-electron chi connectivity index (χ1n) is 9.58. The molecule has 0 bridgehead atoms. The summed E-state index contributed by atoms with van der Waals surface area (Å²) in [7, 11) is -2.92. The van der Waals surface area contributed by atoms with E-state index in [4.69, 9.17) is 24.3 Å². The van der Waals surface area contributed by atoms with Crippen LogP contribution >= 0.6 is 7.82 Å². The van der Waals surface area contributed by atoms with E-state index in [2.05, 4.69) is 20.3 Å². The van der Waals surface area contributed by atoms with Gasteiger partial charge in [-0.1, -0.05) is 12.1 Å². The Kier molecular flexibility index (Phi) is 6.76. The molecule has 5 atom stereocenters. The largest absolute Gasteiger partial charge is 1.00 e. The van der Waals surface area contributed by atoms with Gasteiger partial charge in [-0.05, 0) is 12.1 Å². The fourth-order valence-electron chi connectivity index (χ4n) is 3.79. The minimum Gasteiger partial charge on any atom is -0.756 e.